The van der Waals surface area contributed by atoms with E-state index in [1.807, 2.05) is 31.2 Å². The highest BCUT2D eigenvalue weighted by molar-refractivity contribution is 5.95. The van der Waals surface area contributed by atoms with Gasteiger partial charge in [-0.2, -0.15) is 5.26 Å². The van der Waals surface area contributed by atoms with Gasteiger partial charge < -0.3 is 4.90 Å². The molecule has 2 aromatic rings. The van der Waals surface area contributed by atoms with Gasteiger partial charge in [-0.25, -0.2) is 0 Å². The number of nitriles is 1. The molecule has 0 N–H and O–H groups in total. The molecule has 3 rings (SSSR count). The minimum absolute atomic E-state index is 0. The summed E-state index contributed by atoms with van der Waals surface area (Å²) >= 11 is 0. The zero-order valence-corrected chi connectivity index (χ0v) is 15.7. The molecule has 1 aliphatic heterocycles. The van der Waals surface area contributed by atoms with Crippen molar-refractivity contribution in [3.8, 4) is 6.07 Å². The molecule has 0 amide bonds. The Hall–Kier alpha value is -2.64. The molecule has 0 radical (unpaired) electrons. The highest BCUT2D eigenvalue weighted by Crippen LogP contribution is 2.23. The van der Waals surface area contributed by atoms with Crippen LogP contribution in [-0.2, 0) is 6.54 Å². The van der Waals surface area contributed by atoms with Gasteiger partial charge in [0.05, 0.1) is 11.3 Å². The zero-order chi connectivity index (χ0) is 18.7. The maximum absolute atomic E-state index is 11.8. The van der Waals surface area contributed by atoms with Gasteiger partial charge in [0.1, 0.15) is 6.07 Å². The second-order valence-corrected chi connectivity index (χ2v) is 7.04. The van der Waals surface area contributed by atoms with Crippen LogP contribution in [0.3, 0.4) is 0 Å². The lowest BCUT2D eigenvalue weighted by Crippen LogP contribution is -2.46. The normalized spacial score (nSPS) is 14.9. The van der Waals surface area contributed by atoms with Gasteiger partial charge in [-0.3, -0.25) is 9.69 Å². The van der Waals surface area contributed by atoms with Crippen LogP contribution in [0.5, 0.6) is 0 Å². The molecule has 1 aliphatic rings. The number of rotatable bonds is 4. The summed E-state index contributed by atoms with van der Waals surface area (Å²) in [6.45, 7) is 10.3. The number of benzene rings is 2. The third kappa shape index (κ3) is 3.79. The summed E-state index contributed by atoms with van der Waals surface area (Å²) in [5, 5.41) is 9.31. The van der Waals surface area contributed by atoms with Crippen LogP contribution in [0.2, 0.25) is 0 Å². The number of carbonyl (C=O) groups excluding carboxylic acids is 1. The molecule has 0 unspecified atom stereocenters. The first kappa shape index (κ1) is 18.2. The standard InChI is InChI=1S/C22H25N3O.H2/c1-16-12-17(2)21(18(3)26)13-20(16)15-24-8-10-25(11-9-24)22-7-5-4-6-19(22)14-23;/h4-7,12-13H,8-11,15H2,1-3H3;1H. The molecule has 0 aliphatic carbocycles. The quantitative estimate of drug-likeness (QED) is 0.784. The Morgan fingerprint density at radius 1 is 1.12 bits per heavy atom. The van der Waals surface area contributed by atoms with Crippen LogP contribution >= 0.6 is 0 Å². The molecular formula is C22H27N3O. The second kappa shape index (κ2) is 7.72. The molecule has 0 saturated carbocycles. The highest BCUT2D eigenvalue weighted by atomic mass is 16.1. The lowest BCUT2D eigenvalue weighted by atomic mass is 9.97. The van der Waals surface area contributed by atoms with Crippen LogP contribution in [0, 0.1) is 25.2 Å². The van der Waals surface area contributed by atoms with Crippen molar-refractivity contribution in [2.24, 2.45) is 0 Å². The van der Waals surface area contributed by atoms with Crippen LogP contribution < -0.4 is 4.90 Å². The third-order valence-electron chi connectivity index (χ3n) is 5.19. The molecule has 136 valence electrons. The minimum atomic E-state index is 0. The van der Waals surface area contributed by atoms with E-state index in [-0.39, 0.29) is 7.21 Å². The zero-order valence-electron chi connectivity index (χ0n) is 15.7. The first-order chi connectivity index (χ1) is 12.5. The maximum atomic E-state index is 11.8. The predicted molar refractivity (Wildman–Crippen MR) is 107 cm³/mol. The summed E-state index contributed by atoms with van der Waals surface area (Å²) in [6.07, 6.45) is 0. The van der Waals surface area contributed by atoms with Crippen molar-refractivity contribution in [1.82, 2.24) is 4.90 Å². The van der Waals surface area contributed by atoms with Crippen molar-refractivity contribution in [3.63, 3.8) is 0 Å². The van der Waals surface area contributed by atoms with Crippen molar-refractivity contribution < 1.29 is 6.22 Å². The fraction of sp³-hybridized carbons (Fsp3) is 0.364. The van der Waals surface area contributed by atoms with E-state index >= 15 is 0 Å². The highest BCUT2D eigenvalue weighted by Gasteiger charge is 2.20. The molecule has 2 aromatic carbocycles. The number of piperazine rings is 1. The Bertz CT molecular complexity index is 864. The molecule has 0 aromatic heterocycles. The topological polar surface area (TPSA) is 47.3 Å². The fourth-order valence-corrected chi connectivity index (χ4v) is 3.68. The van der Waals surface area contributed by atoms with E-state index in [0.29, 0.717) is 0 Å². The molecule has 1 heterocycles. The smallest absolute Gasteiger partial charge is 0.160 e. The van der Waals surface area contributed by atoms with Gasteiger partial charge in [0, 0.05) is 39.7 Å². The number of ketones is 1. The van der Waals surface area contributed by atoms with Gasteiger partial charge in [0.25, 0.3) is 0 Å². The average Bonchev–Trinajstić information content (AvgIpc) is 2.64. The molecular weight excluding hydrogens is 322 g/mol. The Labute approximate surface area is 157 Å². The van der Waals surface area contributed by atoms with Gasteiger partial charge in [0.15, 0.2) is 5.78 Å². The minimum Gasteiger partial charge on any atom is -0.368 e. The molecule has 4 heteroatoms. The number of aryl methyl sites for hydroxylation is 2. The Kier molecular flexibility index (Phi) is 5.39. The predicted octanol–water partition coefficient (Wildman–Crippen LogP) is 3.95. The first-order valence-corrected chi connectivity index (χ1v) is 9.07. The number of nitrogens with zero attached hydrogens (tertiary/aromatic N) is 3. The number of carbonyl (C=O) groups is 1. The summed E-state index contributed by atoms with van der Waals surface area (Å²) in [7, 11) is 0. The van der Waals surface area contributed by atoms with E-state index in [1.54, 1.807) is 6.92 Å². The van der Waals surface area contributed by atoms with Crippen LogP contribution in [0.4, 0.5) is 5.69 Å². The summed E-state index contributed by atoms with van der Waals surface area (Å²) < 4.78 is 0. The van der Waals surface area contributed by atoms with E-state index < -0.39 is 0 Å². The molecule has 26 heavy (non-hydrogen) atoms. The molecule has 4 nitrogen and oxygen atoms in total. The SMILES string of the molecule is CC(=O)c1cc(CN2CCN(c3ccccc3C#N)CC2)c(C)cc1C.[HH]. The molecule has 0 bridgehead atoms. The second-order valence-electron chi connectivity index (χ2n) is 7.04. The van der Waals surface area contributed by atoms with Crippen molar-refractivity contribution in [2.45, 2.75) is 27.3 Å². The average molecular weight is 349 g/mol. The van der Waals surface area contributed by atoms with E-state index in [1.165, 1.54) is 11.1 Å². The van der Waals surface area contributed by atoms with Crippen LogP contribution in [0.1, 0.15) is 41.0 Å². The lowest BCUT2D eigenvalue weighted by Gasteiger charge is -2.36. The van der Waals surface area contributed by atoms with E-state index in [4.69, 9.17) is 0 Å². The summed E-state index contributed by atoms with van der Waals surface area (Å²) in [4.78, 5) is 16.5. The van der Waals surface area contributed by atoms with Crippen LogP contribution in [-0.4, -0.2) is 36.9 Å². The van der Waals surface area contributed by atoms with Crippen LogP contribution in [0.25, 0.3) is 0 Å². The Morgan fingerprint density at radius 3 is 2.46 bits per heavy atom. The summed E-state index contributed by atoms with van der Waals surface area (Å²) in [5.41, 5.74) is 6.11. The van der Waals surface area contributed by atoms with Gasteiger partial charge in [-0.1, -0.05) is 18.2 Å². The molecule has 0 atom stereocenters. The number of hydrogen-bond donors (Lipinski definition) is 0. The van der Waals surface area contributed by atoms with E-state index in [0.717, 1.165) is 55.1 Å². The van der Waals surface area contributed by atoms with Crippen molar-refractivity contribution in [3.05, 3.63) is 64.2 Å². The van der Waals surface area contributed by atoms with Gasteiger partial charge in [0.2, 0.25) is 0 Å². The fourth-order valence-electron chi connectivity index (χ4n) is 3.68. The maximum Gasteiger partial charge on any atom is 0.160 e. The Balaban J connectivity index is 0.00000261. The molecule has 1 saturated heterocycles. The van der Waals surface area contributed by atoms with Crippen molar-refractivity contribution in [2.75, 3.05) is 31.1 Å². The van der Waals surface area contributed by atoms with E-state index in [9.17, 15) is 10.1 Å². The van der Waals surface area contributed by atoms with E-state index in [2.05, 4.69) is 34.9 Å². The largest absolute Gasteiger partial charge is 0.368 e. The number of anilines is 1. The van der Waals surface area contributed by atoms with Crippen LogP contribution in [0.15, 0.2) is 36.4 Å². The molecule has 0 spiro atoms. The molecule has 1 fully saturated rings. The van der Waals surface area contributed by atoms with Gasteiger partial charge in [-0.15, -0.1) is 0 Å². The number of Topliss-reactive ketones (excluding diaryl/α,β-unsaturated/α-hetero) is 1. The van der Waals surface area contributed by atoms with Crippen molar-refractivity contribution in [1.29, 1.82) is 5.26 Å². The first-order valence-electron chi connectivity index (χ1n) is 9.07. The Morgan fingerprint density at radius 2 is 1.81 bits per heavy atom. The van der Waals surface area contributed by atoms with Gasteiger partial charge >= 0.3 is 0 Å². The number of para-hydroxylation sites is 1. The lowest BCUT2D eigenvalue weighted by molar-refractivity contribution is 0.101. The number of hydrogen-bond acceptors (Lipinski definition) is 4. The summed E-state index contributed by atoms with van der Waals surface area (Å²) in [5.74, 6) is 0.127. The monoisotopic (exact) mass is 349 g/mol. The summed E-state index contributed by atoms with van der Waals surface area (Å²) in [6, 6.07) is 14.3. The van der Waals surface area contributed by atoms with Crippen molar-refractivity contribution >= 4 is 11.5 Å². The third-order valence-corrected chi connectivity index (χ3v) is 5.19. The van der Waals surface area contributed by atoms with Gasteiger partial charge in [-0.05, 0) is 55.7 Å².